The maximum atomic E-state index is 7.10. The van der Waals surface area contributed by atoms with Gasteiger partial charge >= 0.3 is 0 Å². The SMILES string of the molecule is CC1CC=Cc2c(N(c3ccccc3)c3ccc4c(c3)C3(c5ccccc5-4)c4ccccc4-c4c3ccc3c4OC4(C)C=CC=CC34)ccc(-c3ccccc3)c21. The highest BCUT2D eigenvalue weighted by molar-refractivity contribution is 5.99. The molecule has 7 aromatic rings. The van der Waals surface area contributed by atoms with Crippen LogP contribution in [0.15, 0.2) is 182 Å². The molecule has 4 aliphatic carbocycles. The predicted molar refractivity (Wildman–Crippen MR) is 235 cm³/mol. The Morgan fingerprint density at radius 2 is 1.32 bits per heavy atom. The van der Waals surface area contributed by atoms with Gasteiger partial charge in [-0.1, -0.05) is 159 Å². The quantitative estimate of drug-likeness (QED) is 0.179. The number of para-hydroxylation sites is 1. The van der Waals surface area contributed by atoms with E-state index in [2.05, 4.69) is 207 Å². The Kier molecular flexibility index (Phi) is 6.82. The average molecular weight is 732 g/mol. The summed E-state index contributed by atoms with van der Waals surface area (Å²) in [4.78, 5) is 2.49. The molecule has 5 aliphatic rings. The summed E-state index contributed by atoms with van der Waals surface area (Å²) in [5.41, 5.74) is 19.4. The van der Waals surface area contributed by atoms with E-state index in [0.717, 1.165) is 23.5 Å². The fourth-order valence-electron chi connectivity index (χ4n) is 11.0. The summed E-state index contributed by atoms with van der Waals surface area (Å²) >= 11 is 0. The molecule has 1 spiro atoms. The van der Waals surface area contributed by atoms with Crippen molar-refractivity contribution in [2.24, 2.45) is 0 Å². The Bertz CT molecular complexity index is 2900. The molecule has 0 radical (unpaired) electrons. The number of fused-ring (bicyclic) bond motifs is 15. The van der Waals surface area contributed by atoms with Crippen molar-refractivity contribution in [1.82, 2.24) is 0 Å². The van der Waals surface area contributed by atoms with Gasteiger partial charge in [0.15, 0.2) is 0 Å². The van der Waals surface area contributed by atoms with Crippen LogP contribution in [0, 0.1) is 0 Å². The van der Waals surface area contributed by atoms with Crippen LogP contribution in [-0.4, -0.2) is 5.60 Å². The smallest absolute Gasteiger partial charge is 0.135 e. The van der Waals surface area contributed by atoms with Gasteiger partial charge in [0.25, 0.3) is 0 Å². The molecule has 57 heavy (non-hydrogen) atoms. The Morgan fingerprint density at radius 3 is 2.14 bits per heavy atom. The van der Waals surface area contributed by atoms with Gasteiger partial charge < -0.3 is 9.64 Å². The maximum Gasteiger partial charge on any atom is 0.135 e. The number of nitrogens with zero attached hydrogens (tertiary/aromatic N) is 1. The number of anilines is 3. The molecule has 0 fully saturated rings. The van der Waals surface area contributed by atoms with Gasteiger partial charge in [0.2, 0.25) is 0 Å². The van der Waals surface area contributed by atoms with Crippen LogP contribution >= 0.6 is 0 Å². The highest BCUT2D eigenvalue weighted by atomic mass is 16.5. The molecule has 4 atom stereocenters. The molecular weight excluding hydrogens is 691 g/mol. The topological polar surface area (TPSA) is 12.5 Å². The normalized spacial score (nSPS) is 22.2. The Balaban J connectivity index is 1.12. The fourth-order valence-corrected chi connectivity index (χ4v) is 11.0. The third kappa shape index (κ3) is 4.36. The summed E-state index contributed by atoms with van der Waals surface area (Å²) in [6.07, 6.45) is 14.6. The molecule has 1 heterocycles. The lowest BCUT2D eigenvalue weighted by Gasteiger charge is -2.34. The van der Waals surface area contributed by atoms with E-state index in [0.29, 0.717) is 5.92 Å². The predicted octanol–water partition coefficient (Wildman–Crippen LogP) is 14.0. The first-order valence-electron chi connectivity index (χ1n) is 20.4. The number of hydrogen-bond acceptors (Lipinski definition) is 2. The van der Waals surface area contributed by atoms with Gasteiger partial charge in [-0.15, -0.1) is 0 Å². The largest absolute Gasteiger partial charge is 0.482 e. The Labute approximate surface area is 334 Å². The standard InChI is InChI=1S/C55H41NO/c1-35-16-15-23-44-50(32-30-39(51(35)44)36-17-5-3-6-18-36)56(37-19-7-4-8-20-37)38-27-28-41-40-21-9-11-25-46(40)55(49(41)34-38)47-26-12-10-22-42(47)52-48(55)31-29-43-45-24-13-14-33-54(45,2)57-53(43)52/h3-15,17-35,45H,16H2,1-2H3. The second-order valence-electron chi connectivity index (χ2n) is 16.5. The van der Waals surface area contributed by atoms with Gasteiger partial charge in [-0.05, 0) is 111 Å². The van der Waals surface area contributed by atoms with Crippen molar-refractivity contribution in [3.63, 3.8) is 0 Å². The average Bonchev–Trinajstić information content (AvgIpc) is 3.85. The van der Waals surface area contributed by atoms with Crippen molar-refractivity contribution in [2.75, 3.05) is 4.90 Å². The molecule has 2 heteroatoms. The zero-order valence-corrected chi connectivity index (χ0v) is 32.1. The fraction of sp³-hybridized carbons (Fsp3) is 0.127. The molecule has 4 unspecified atom stereocenters. The van der Waals surface area contributed by atoms with Crippen LogP contribution < -0.4 is 9.64 Å². The van der Waals surface area contributed by atoms with Gasteiger partial charge in [0.05, 0.1) is 11.1 Å². The molecule has 0 amide bonds. The van der Waals surface area contributed by atoms with Gasteiger partial charge in [0.1, 0.15) is 11.4 Å². The lowest BCUT2D eigenvalue weighted by molar-refractivity contribution is 0.156. The number of benzene rings is 7. The minimum Gasteiger partial charge on any atom is -0.482 e. The molecule has 272 valence electrons. The molecule has 12 rings (SSSR count). The first-order valence-corrected chi connectivity index (χ1v) is 20.4. The summed E-state index contributed by atoms with van der Waals surface area (Å²) in [6.45, 7) is 4.60. The van der Waals surface area contributed by atoms with Gasteiger partial charge in [0, 0.05) is 34.0 Å². The number of rotatable bonds is 4. The van der Waals surface area contributed by atoms with E-state index in [-0.39, 0.29) is 5.92 Å². The minimum absolute atomic E-state index is 0.177. The molecule has 1 aliphatic heterocycles. The lowest BCUT2D eigenvalue weighted by atomic mass is 9.70. The van der Waals surface area contributed by atoms with E-state index in [4.69, 9.17) is 4.74 Å². The van der Waals surface area contributed by atoms with Crippen LogP contribution in [0.4, 0.5) is 17.1 Å². The number of ether oxygens (including phenoxy) is 1. The van der Waals surface area contributed by atoms with Gasteiger partial charge in [-0.2, -0.15) is 0 Å². The maximum absolute atomic E-state index is 7.10. The summed E-state index contributed by atoms with van der Waals surface area (Å²) in [7, 11) is 0. The Morgan fingerprint density at radius 1 is 0.614 bits per heavy atom. The minimum atomic E-state index is -0.514. The first-order chi connectivity index (χ1) is 28.1. The third-order valence-corrected chi connectivity index (χ3v) is 13.5. The summed E-state index contributed by atoms with van der Waals surface area (Å²) < 4.78 is 7.10. The van der Waals surface area contributed by atoms with Crippen LogP contribution in [0.5, 0.6) is 5.75 Å². The molecule has 0 saturated heterocycles. The van der Waals surface area contributed by atoms with Gasteiger partial charge in [-0.25, -0.2) is 0 Å². The third-order valence-electron chi connectivity index (χ3n) is 13.5. The van der Waals surface area contributed by atoms with Gasteiger partial charge in [-0.3, -0.25) is 0 Å². The van der Waals surface area contributed by atoms with Crippen LogP contribution in [0.3, 0.4) is 0 Å². The monoisotopic (exact) mass is 731 g/mol. The molecule has 0 N–H and O–H groups in total. The van der Waals surface area contributed by atoms with Crippen molar-refractivity contribution in [3.8, 4) is 39.1 Å². The van der Waals surface area contributed by atoms with E-state index in [1.165, 1.54) is 78.0 Å². The van der Waals surface area contributed by atoms with Crippen molar-refractivity contribution < 1.29 is 4.74 Å². The summed E-state index contributed by atoms with van der Waals surface area (Å²) in [6, 6.07) is 56.7. The highest BCUT2D eigenvalue weighted by Crippen LogP contribution is 2.67. The number of hydrogen-bond donors (Lipinski definition) is 0. The molecule has 0 saturated carbocycles. The molecule has 7 aromatic carbocycles. The first kappa shape index (κ1) is 32.6. The Hall–Kier alpha value is -6.64. The van der Waals surface area contributed by atoms with E-state index >= 15 is 0 Å². The van der Waals surface area contributed by atoms with E-state index in [1.807, 2.05) is 0 Å². The van der Waals surface area contributed by atoms with Crippen LogP contribution in [0.25, 0.3) is 39.5 Å². The van der Waals surface area contributed by atoms with Crippen LogP contribution in [0.1, 0.15) is 71.0 Å². The molecule has 0 aromatic heterocycles. The molecule has 0 bridgehead atoms. The lowest BCUT2D eigenvalue weighted by Crippen LogP contribution is -2.32. The van der Waals surface area contributed by atoms with Crippen LogP contribution in [0.2, 0.25) is 0 Å². The van der Waals surface area contributed by atoms with E-state index in [1.54, 1.807) is 0 Å². The summed E-state index contributed by atoms with van der Waals surface area (Å²) in [5, 5.41) is 0. The van der Waals surface area contributed by atoms with Crippen molar-refractivity contribution in [1.29, 1.82) is 0 Å². The van der Waals surface area contributed by atoms with Crippen molar-refractivity contribution >= 4 is 23.1 Å². The highest BCUT2D eigenvalue weighted by Gasteiger charge is 2.55. The molecular formula is C55H41NO. The van der Waals surface area contributed by atoms with E-state index in [9.17, 15) is 0 Å². The summed E-state index contributed by atoms with van der Waals surface area (Å²) in [5.74, 6) is 1.60. The second-order valence-corrected chi connectivity index (χ2v) is 16.5. The van der Waals surface area contributed by atoms with E-state index < -0.39 is 11.0 Å². The molecule has 2 nitrogen and oxygen atoms in total. The van der Waals surface area contributed by atoms with Crippen LogP contribution in [-0.2, 0) is 5.41 Å². The number of allylic oxidation sites excluding steroid dienone is 3. The second kappa shape index (κ2) is 11.9. The zero-order chi connectivity index (χ0) is 37.9. The zero-order valence-electron chi connectivity index (χ0n) is 32.1. The van der Waals surface area contributed by atoms with Crippen molar-refractivity contribution in [3.05, 3.63) is 221 Å². The van der Waals surface area contributed by atoms with Crippen molar-refractivity contribution in [2.45, 2.75) is 43.1 Å².